The molecule has 1 amide bonds. The van der Waals surface area contributed by atoms with Crippen LogP contribution < -0.4 is 30.3 Å². The van der Waals surface area contributed by atoms with Crippen molar-refractivity contribution in [2.75, 3.05) is 27.6 Å². The third-order valence-corrected chi connectivity index (χ3v) is 6.93. The van der Waals surface area contributed by atoms with Crippen molar-refractivity contribution in [1.82, 2.24) is 10.6 Å². The summed E-state index contributed by atoms with van der Waals surface area (Å²) in [7, 11) is 4.76. The molecule has 1 fully saturated rings. The summed E-state index contributed by atoms with van der Waals surface area (Å²) in [4.78, 5) is 26.3. The standard InChI is InChI=1S/C24H28N2O5S/c1-12-21(25-12)24(28)26-16-8-6-13-10-18(29-2)22(30-3)23(31-4)20(13)14-7-9-19(32-5)17(27)11-15(14)16/h7,9-12,16,21,25H,6,8H2,1-5H3,(H,26,28)/t12?,16-,21?/m0/s1. The lowest BCUT2D eigenvalue weighted by Crippen LogP contribution is -2.34. The molecule has 0 spiro atoms. The van der Waals surface area contributed by atoms with E-state index in [1.54, 1.807) is 27.4 Å². The van der Waals surface area contributed by atoms with Crippen molar-refractivity contribution < 1.29 is 19.0 Å². The smallest absolute Gasteiger partial charge is 0.239 e. The van der Waals surface area contributed by atoms with Crippen molar-refractivity contribution in [2.24, 2.45) is 0 Å². The molecule has 8 heteroatoms. The third kappa shape index (κ3) is 3.93. The molecule has 32 heavy (non-hydrogen) atoms. The third-order valence-electron chi connectivity index (χ3n) is 6.15. The number of nitrogens with one attached hydrogen (secondary N) is 2. The van der Waals surface area contributed by atoms with Crippen molar-refractivity contribution in [3.05, 3.63) is 45.6 Å². The van der Waals surface area contributed by atoms with E-state index < -0.39 is 0 Å². The second kappa shape index (κ2) is 9.03. The van der Waals surface area contributed by atoms with E-state index in [0.717, 1.165) is 22.3 Å². The quantitative estimate of drug-likeness (QED) is 0.510. The van der Waals surface area contributed by atoms with Gasteiger partial charge in [0, 0.05) is 11.6 Å². The lowest BCUT2D eigenvalue weighted by atomic mass is 9.95. The lowest BCUT2D eigenvalue weighted by Gasteiger charge is -2.20. The van der Waals surface area contributed by atoms with Gasteiger partial charge in [0.1, 0.15) is 6.04 Å². The minimum atomic E-state index is -0.309. The van der Waals surface area contributed by atoms with Crippen LogP contribution in [0.25, 0.3) is 11.1 Å². The first-order valence-electron chi connectivity index (χ1n) is 10.5. The van der Waals surface area contributed by atoms with Crippen molar-refractivity contribution >= 4 is 17.7 Å². The van der Waals surface area contributed by atoms with Crippen LogP contribution in [0.5, 0.6) is 17.2 Å². The number of carbonyl (C=O) groups excluding carboxylic acids is 1. The summed E-state index contributed by atoms with van der Waals surface area (Å²) in [6.45, 7) is 1.98. The highest BCUT2D eigenvalue weighted by Crippen LogP contribution is 2.50. The zero-order valence-electron chi connectivity index (χ0n) is 18.9. The molecule has 0 aromatic heterocycles. The average Bonchev–Trinajstić information content (AvgIpc) is 3.57. The van der Waals surface area contributed by atoms with Gasteiger partial charge in [0.15, 0.2) is 16.9 Å². The molecule has 170 valence electrons. The van der Waals surface area contributed by atoms with Gasteiger partial charge in [-0.2, -0.15) is 0 Å². The van der Waals surface area contributed by atoms with E-state index in [2.05, 4.69) is 10.6 Å². The fourth-order valence-electron chi connectivity index (χ4n) is 4.41. The highest BCUT2D eigenvalue weighted by atomic mass is 32.2. The molecular formula is C24H28N2O5S. The number of fused-ring (bicyclic) bond motifs is 3. The molecule has 2 aliphatic rings. The maximum atomic E-state index is 12.9. The normalized spacial score (nSPS) is 21.0. The maximum absolute atomic E-state index is 12.9. The molecule has 1 saturated heterocycles. The van der Waals surface area contributed by atoms with Crippen molar-refractivity contribution in [1.29, 1.82) is 0 Å². The zero-order valence-corrected chi connectivity index (χ0v) is 19.7. The first-order chi connectivity index (χ1) is 15.4. The van der Waals surface area contributed by atoms with Crippen LogP contribution in [-0.4, -0.2) is 45.6 Å². The summed E-state index contributed by atoms with van der Waals surface area (Å²) in [6.07, 6.45) is 3.19. The van der Waals surface area contributed by atoms with Gasteiger partial charge >= 0.3 is 0 Å². The second-order valence-corrected chi connectivity index (χ2v) is 8.84. The molecule has 0 radical (unpaired) electrons. The van der Waals surface area contributed by atoms with E-state index in [4.69, 9.17) is 14.2 Å². The Morgan fingerprint density at radius 1 is 1.12 bits per heavy atom. The Morgan fingerprint density at radius 3 is 2.44 bits per heavy atom. The van der Waals surface area contributed by atoms with E-state index in [1.165, 1.54) is 11.8 Å². The van der Waals surface area contributed by atoms with Crippen LogP contribution in [0.4, 0.5) is 0 Å². The average molecular weight is 457 g/mol. The first kappa shape index (κ1) is 22.5. The maximum Gasteiger partial charge on any atom is 0.239 e. The van der Waals surface area contributed by atoms with Gasteiger partial charge in [0.25, 0.3) is 0 Å². The highest BCUT2D eigenvalue weighted by Gasteiger charge is 2.40. The number of hydrogen-bond acceptors (Lipinski definition) is 7. The molecule has 2 aromatic carbocycles. The van der Waals surface area contributed by atoms with Crippen molar-refractivity contribution in [2.45, 2.75) is 42.8 Å². The number of hydrogen-bond donors (Lipinski definition) is 2. The first-order valence-corrected chi connectivity index (χ1v) is 11.8. The number of amides is 1. The summed E-state index contributed by atoms with van der Waals surface area (Å²) in [6, 6.07) is 7.05. The topological polar surface area (TPSA) is 95.8 Å². The SMILES string of the molecule is COc1cc2c(c(OC)c1OC)-c1ccc(SC)c(=O)cc1[C@@H](NC(=O)C1NC1C)CC2. The second-order valence-electron chi connectivity index (χ2n) is 7.99. The number of benzene rings is 1. The van der Waals surface area contributed by atoms with Gasteiger partial charge in [-0.3, -0.25) is 14.9 Å². The van der Waals surface area contributed by atoms with E-state index in [-0.39, 0.29) is 29.5 Å². The monoisotopic (exact) mass is 456 g/mol. The molecule has 0 bridgehead atoms. The molecule has 2 aromatic rings. The predicted octanol–water partition coefficient (Wildman–Crippen LogP) is 2.93. The highest BCUT2D eigenvalue weighted by molar-refractivity contribution is 7.98. The van der Waals surface area contributed by atoms with Crippen LogP contribution in [0.15, 0.2) is 34.0 Å². The van der Waals surface area contributed by atoms with Crippen LogP contribution in [0, 0.1) is 0 Å². The van der Waals surface area contributed by atoms with Gasteiger partial charge in [-0.1, -0.05) is 6.07 Å². The molecule has 0 saturated carbocycles. The summed E-state index contributed by atoms with van der Waals surface area (Å²) >= 11 is 1.40. The number of aryl methyl sites for hydroxylation is 1. The molecule has 3 atom stereocenters. The van der Waals surface area contributed by atoms with E-state index in [1.807, 2.05) is 31.4 Å². The Bertz CT molecular complexity index is 1120. The molecular weight excluding hydrogens is 428 g/mol. The molecule has 4 rings (SSSR count). The van der Waals surface area contributed by atoms with Crippen LogP contribution in [-0.2, 0) is 11.2 Å². The minimum absolute atomic E-state index is 0.0504. The van der Waals surface area contributed by atoms with Gasteiger partial charge in [-0.25, -0.2) is 0 Å². The zero-order chi connectivity index (χ0) is 23.0. The van der Waals surface area contributed by atoms with Gasteiger partial charge in [0.05, 0.1) is 32.3 Å². The van der Waals surface area contributed by atoms with E-state index in [9.17, 15) is 9.59 Å². The largest absolute Gasteiger partial charge is 0.493 e. The molecule has 1 heterocycles. The Hall–Kier alpha value is -2.71. The summed E-state index contributed by atoms with van der Waals surface area (Å²) in [5.41, 5.74) is 3.42. The predicted molar refractivity (Wildman–Crippen MR) is 125 cm³/mol. The van der Waals surface area contributed by atoms with Crippen molar-refractivity contribution in [3.63, 3.8) is 0 Å². The number of rotatable bonds is 6. The van der Waals surface area contributed by atoms with Crippen LogP contribution in [0.2, 0.25) is 0 Å². The van der Waals surface area contributed by atoms with Crippen LogP contribution in [0.1, 0.15) is 30.5 Å². The van der Waals surface area contributed by atoms with Gasteiger partial charge in [-0.05, 0) is 60.9 Å². The number of thioether (sulfide) groups is 1. The summed E-state index contributed by atoms with van der Waals surface area (Å²) in [5.74, 6) is 1.58. The van der Waals surface area contributed by atoms with Gasteiger partial charge in [0.2, 0.25) is 11.7 Å². The van der Waals surface area contributed by atoms with Crippen LogP contribution >= 0.6 is 11.8 Å². The van der Waals surface area contributed by atoms with E-state index >= 15 is 0 Å². The summed E-state index contributed by atoms with van der Waals surface area (Å²) < 4.78 is 17.0. The Balaban J connectivity index is 1.95. The number of ether oxygens (including phenoxy) is 3. The van der Waals surface area contributed by atoms with Gasteiger partial charge in [-0.15, -0.1) is 11.8 Å². The molecule has 1 aliphatic heterocycles. The Labute approximate surface area is 191 Å². The Kier molecular flexibility index (Phi) is 6.35. The minimum Gasteiger partial charge on any atom is -0.493 e. The molecule has 2 unspecified atom stereocenters. The lowest BCUT2D eigenvalue weighted by molar-refractivity contribution is -0.121. The van der Waals surface area contributed by atoms with Crippen LogP contribution in [0.3, 0.4) is 0 Å². The fourth-order valence-corrected chi connectivity index (χ4v) is 4.87. The number of methoxy groups -OCH3 is 3. The summed E-state index contributed by atoms with van der Waals surface area (Å²) in [5, 5.41) is 6.30. The molecule has 2 N–H and O–H groups in total. The Morgan fingerprint density at radius 2 is 1.84 bits per heavy atom. The van der Waals surface area contributed by atoms with Gasteiger partial charge < -0.3 is 19.5 Å². The molecule has 7 nitrogen and oxygen atoms in total. The van der Waals surface area contributed by atoms with E-state index in [0.29, 0.717) is 35.0 Å². The molecule has 1 aliphatic carbocycles. The van der Waals surface area contributed by atoms with Crippen molar-refractivity contribution in [3.8, 4) is 28.4 Å². The number of carbonyl (C=O) groups is 1. The fraction of sp³-hybridized carbons (Fsp3) is 0.417.